The fourth-order valence-electron chi connectivity index (χ4n) is 3.95. The van der Waals surface area contributed by atoms with E-state index >= 15 is 0 Å². The number of anilines is 1. The first-order valence-corrected chi connectivity index (χ1v) is 10.3. The molecule has 8 heteroatoms. The van der Waals surface area contributed by atoms with Gasteiger partial charge in [0.05, 0.1) is 10.5 Å². The highest BCUT2D eigenvalue weighted by Crippen LogP contribution is 2.29. The Morgan fingerprint density at radius 1 is 1.03 bits per heavy atom. The zero-order valence-corrected chi connectivity index (χ0v) is 18.4. The molecule has 1 saturated heterocycles. The molecule has 0 bridgehead atoms. The van der Waals surface area contributed by atoms with Crippen LogP contribution in [0.5, 0.6) is 0 Å². The predicted octanol–water partition coefficient (Wildman–Crippen LogP) is 3.06. The van der Waals surface area contributed by atoms with E-state index in [1.54, 1.807) is 67.3 Å². The minimum Gasteiger partial charge on any atom is -0.372 e. The lowest BCUT2D eigenvalue weighted by Crippen LogP contribution is -2.44. The van der Waals surface area contributed by atoms with Crippen LogP contribution >= 0.6 is 0 Å². The molecule has 31 heavy (non-hydrogen) atoms. The zero-order chi connectivity index (χ0) is 22.7. The van der Waals surface area contributed by atoms with E-state index in [0.29, 0.717) is 11.3 Å². The molecule has 0 saturated carbocycles. The van der Waals surface area contributed by atoms with Crippen molar-refractivity contribution in [3.8, 4) is 0 Å². The minimum atomic E-state index is -0.503. The normalized spacial score (nSPS) is 14.8. The highest BCUT2D eigenvalue weighted by molar-refractivity contribution is 6.15. The van der Waals surface area contributed by atoms with Gasteiger partial charge in [0.25, 0.3) is 11.6 Å². The van der Waals surface area contributed by atoms with Gasteiger partial charge in [0.1, 0.15) is 5.69 Å². The number of nitro groups is 1. The summed E-state index contributed by atoms with van der Waals surface area (Å²) in [5, 5.41) is 11.5. The summed E-state index contributed by atoms with van der Waals surface area (Å²) in [7, 11) is 7.25. The maximum atomic E-state index is 13.3. The maximum Gasteiger partial charge on any atom is 0.293 e. The molecular weight excluding hydrogens is 396 g/mol. The number of nitro benzene ring substituents is 1. The van der Waals surface area contributed by atoms with Crippen LogP contribution in [0.1, 0.15) is 39.1 Å². The first kappa shape index (κ1) is 22.4. The van der Waals surface area contributed by atoms with Gasteiger partial charge in [-0.05, 0) is 51.2 Å². The van der Waals surface area contributed by atoms with Crippen LogP contribution in [0, 0.1) is 10.1 Å². The number of carbonyl (C=O) groups excluding carboxylic acids is 2. The van der Waals surface area contributed by atoms with Gasteiger partial charge in [-0.15, -0.1) is 0 Å². The summed E-state index contributed by atoms with van der Waals surface area (Å²) in [6.07, 6.45) is 1.76. The number of nitrogens with zero attached hydrogens (tertiary/aromatic N) is 4. The summed E-state index contributed by atoms with van der Waals surface area (Å²) >= 11 is 0. The highest BCUT2D eigenvalue weighted by atomic mass is 16.6. The molecule has 0 spiro atoms. The van der Waals surface area contributed by atoms with Crippen LogP contribution in [-0.4, -0.2) is 73.7 Å². The van der Waals surface area contributed by atoms with E-state index in [1.807, 2.05) is 0 Å². The van der Waals surface area contributed by atoms with E-state index in [9.17, 15) is 19.7 Å². The second-order valence-corrected chi connectivity index (χ2v) is 8.18. The molecule has 1 aliphatic rings. The van der Waals surface area contributed by atoms with Crippen LogP contribution in [0.4, 0.5) is 11.4 Å². The third-order valence-corrected chi connectivity index (χ3v) is 5.87. The van der Waals surface area contributed by atoms with E-state index in [4.69, 9.17) is 0 Å². The van der Waals surface area contributed by atoms with Crippen molar-refractivity contribution in [2.45, 2.75) is 18.9 Å². The molecule has 8 nitrogen and oxygen atoms in total. The molecule has 0 aliphatic carbocycles. The van der Waals surface area contributed by atoms with Crippen molar-refractivity contribution in [2.75, 3.05) is 46.2 Å². The molecule has 2 aromatic rings. The average Bonchev–Trinajstić information content (AvgIpc) is 2.77. The van der Waals surface area contributed by atoms with Crippen molar-refractivity contribution in [1.82, 2.24) is 9.80 Å². The first-order chi connectivity index (χ1) is 14.7. The van der Waals surface area contributed by atoms with Crippen molar-refractivity contribution >= 4 is 23.1 Å². The molecule has 1 amide bonds. The Morgan fingerprint density at radius 2 is 1.65 bits per heavy atom. The van der Waals surface area contributed by atoms with Gasteiger partial charge in [0, 0.05) is 44.4 Å². The monoisotopic (exact) mass is 424 g/mol. The zero-order valence-electron chi connectivity index (χ0n) is 18.4. The van der Waals surface area contributed by atoms with E-state index in [0.717, 1.165) is 25.9 Å². The molecular formula is C23H28N4O4. The van der Waals surface area contributed by atoms with E-state index in [-0.39, 0.29) is 28.8 Å². The summed E-state index contributed by atoms with van der Waals surface area (Å²) < 4.78 is 0. The number of carbonyl (C=O) groups is 2. The van der Waals surface area contributed by atoms with Gasteiger partial charge in [-0.3, -0.25) is 19.7 Å². The predicted molar refractivity (Wildman–Crippen MR) is 120 cm³/mol. The number of likely N-dealkylation sites (tertiary alicyclic amines) is 1. The summed E-state index contributed by atoms with van der Waals surface area (Å²) in [5.41, 5.74) is 1.00. The lowest BCUT2D eigenvalue weighted by Gasteiger charge is -2.35. The topological polar surface area (TPSA) is 87.0 Å². The van der Waals surface area contributed by atoms with Gasteiger partial charge in [-0.2, -0.15) is 0 Å². The molecule has 1 fully saturated rings. The smallest absolute Gasteiger partial charge is 0.293 e. The number of benzene rings is 2. The number of piperidine rings is 1. The van der Waals surface area contributed by atoms with Crippen molar-refractivity contribution in [2.24, 2.45) is 0 Å². The van der Waals surface area contributed by atoms with Crippen molar-refractivity contribution < 1.29 is 14.5 Å². The van der Waals surface area contributed by atoms with Crippen LogP contribution in [-0.2, 0) is 0 Å². The van der Waals surface area contributed by atoms with E-state index in [2.05, 4.69) is 11.9 Å². The Labute approximate surface area is 182 Å². The number of ketones is 1. The maximum absolute atomic E-state index is 13.3. The van der Waals surface area contributed by atoms with Gasteiger partial charge < -0.3 is 14.7 Å². The molecule has 0 aromatic heterocycles. The van der Waals surface area contributed by atoms with Gasteiger partial charge in [0.15, 0.2) is 5.78 Å². The fourth-order valence-corrected chi connectivity index (χ4v) is 3.95. The van der Waals surface area contributed by atoms with E-state index < -0.39 is 10.7 Å². The molecule has 0 N–H and O–H groups in total. The largest absolute Gasteiger partial charge is 0.372 e. The molecule has 0 radical (unpaired) electrons. The molecule has 164 valence electrons. The summed E-state index contributed by atoms with van der Waals surface area (Å²) in [6, 6.07) is 11.2. The van der Waals surface area contributed by atoms with Gasteiger partial charge >= 0.3 is 0 Å². The lowest BCUT2D eigenvalue weighted by molar-refractivity contribution is -0.384. The van der Waals surface area contributed by atoms with Crippen molar-refractivity contribution in [1.29, 1.82) is 0 Å². The second-order valence-electron chi connectivity index (χ2n) is 8.18. The Balaban J connectivity index is 1.93. The summed E-state index contributed by atoms with van der Waals surface area (Å²) in [6.45, 7) is 1.84. The Bertz CT molecular complexity index is 997. The molecule has 3 rings (SSSR count). The number of hydrogen-bond donors (Lipinski definition) is 0. The Morgan fingerprint density at radius 3 is 2.23 bits per heavy atom. The average molecular weight is 425 g/mol. The highest BCUT2D eigenvalue weighted by Gasteiger charge is 2.28. The Kier molecular flexibility index (Phi) is 6.70. The first-order valence-electron chi connectivity index (χ1n) is 10.3. The summed E-state index contributed by atoms with van der Waals surface area (Å²) in [5.74, 6) is -0.618. The molecule has 0 atom stereocenters. The third-order valence-electron chi connectivity index (χ3n) is 5.87. The lowest BCUT2D eigenvalue weighted by atomic mass is 9.96. The van der Waals surface area contributed by atoms with Gasteiger partial charge in [-0.1, -0.05) is 18.2 Å². The van der Waals surface area contributed by atoms with Crippen molar-refractivity contribution in [3.05, 3.63) is 69.3 Å². The van der Waals surface area contributed by atoms with Gasteiger partial charge in [-0.25, -0.2) is 0 Å². The Hall–Kier alpha value is -3.26. The number of hydrogen-bond acceptors (Lipinski definition) is 6. The van der Waals surface area contributed by atoms with Crippen LogP contribution < -0.4 is 4.90 Å². The van der Waals surface area contributed by atoms with Crippen LogP contribution in [0.15, 0.2) is 42.5 Å². The van der Waals surface area contributed by atoms with Crippen molar-refractivity contribution in [3.63, 3.8) is 0 Å². The minimum absolute atomic E-state index is 0.118. The number of rotatable bonds is 6. The fraction of sp³-hybridized carbons (Fsp3) is 0.391. The molecule has 1 aliphatic heterocycles. The van der Waals surface area contributed by atoms with Crippen LogP contribution in [0.25, 0.3) is 0 Å². The molecule has 1 heterocycles. The second kappa shape index (κ2) is 9.26. The SMILES string of the molecule is CN1CCC(N(C)C(=O)c2ccccc2C(=O)c2ccc(N(C)C)c([N+](=O)[O-])c2)CC1. The molecule has 0 unspecified atom stereocenters. The quantitative estimate of drug-likeness (QED) is 0.402. The standard InChI is InChI=1S/C23H28N4O4/c1-24(2)20-10-9-16(15-21(20)27(30)31)22(28)18-7-5-6-8-19(18)23(29)26(4)17-11-13-25(3)14-12-17/h5-10,15,17H,11-14H2,1-4H3. The van der Waals surface area contributed by atoms with Crippen LogP contribution in [0.2, 0.25) is 0 Å². The van der Waals surface area contributed by atoms with Crippen LogP contribution in [0.3, 0.4) is 0 Å². The molecule has 2 aromatic carbocycles. The summed E-state index contributed by atoms with van der Waals surface area (Å²) in [4.78, 5) is 43.1. The third kappa shape index (κ3) is 4.74. The van der Waals surface area contributed by atoms with Gasteiger partial charge in [0.2, 0.25) is 0 Å². The number of amides is 1. The van der Waals surface area contributed by atoms with E-state index in [1.165, 1.54) is 6.07 Å².